The summed E-state index contributed by atoms with van der Waals surface area (Å²) >= 11 is 5.41. The molecule has 0 aliphatic carbocycles. The van der Waals surface area contributed by atoms with Crippen LogP contribution < -0.4 is 11.1 Å². The third kappa shape index (κ3) is 6.87. The van der Waals surface area contributed by atoms with Gasteiger partial charge < -0.3 is 11.1 Å². The van der Waals surface area contributed by atoms with Gasteiger partial charge in [-0.1, -0.05) is 18.2 Å². The third-order valence-corrected chi connectivity index (χ3v) is 5.94. The summed E-state index contributed by atoms with van der Waals surface area (Å²) in [5.41, 5.74) is -3.06. The van der Waals surface area contributed by atoms with E-state index in [0.29, 0.717) is 0 Å². The average molecular weight is 680 g/mol. The molecule has 0 spiro atoms. The molecule has 0 bridgehead atoms. The fraction of sp³-hybridized carbons (Fsp3) is 0.130. The first kappa shape index (κ1) is 31.1. The molecule has 0 radical (unpaired) electrons. The highest BCUT2D eigenvalue weighted by Gasteiger charge is 2.73. The molecule has 0 aliphatic heterocycles. The van der Waals surface area contributed by atoms with Gasteiger partial charge in [-0.05, 0) is 74.3 Å². The van der Waals surface area contributed by atoms with E-state index >= 15 is 0 Å². The number of hydrogen-bond acceptors (Lipinski definition) is 2. The number of alkyl halides is 7. The summed E-state index contributed by atoms with van der Waals surface area (Å²) in [5.74, 6) is -2.98. The highest BCUT2D eigenvalue weighted by Crippen LogP contribution is 2.54. The van der Waals surface area contributed by atoms with E-state index in [1.165, 1.54) is 30.3 Å². The molecular weight excluding hydrogens is 667 g/mol. The smallest absolute Gasteiger partial charge is 0.366 e. The zero-order valence-electron chi connectivity index (χ0n) is 18.3. The highest BCUT2D eigenvalue weighted by molar-refractivity contribution is 9.11. The maximum absolute atomic E-state index is 14.2. The third-order valence-electron chi connectivity index (χ3n) is 4.69. The first-order chi connectivity index (χ1) is 17.4. The predicted molar refractivity (Wildman–Crippen MR) is 126 cm³/mol. The van der Waals surface area contributed by atoms with Crippen LogP contribution in [0.1, 0.15) is 26.3 Å². The molecular formula is C23H13Br2F9N2O2. The van der Waals surface area contributed by atoms with Crippen LogP contribution in [0.2, 0.25) is 0 Å². The number of rotatable bonds is 4. The Labute approximate surface area is 225 Å². The second kappa shape index (κ2) is 11.8. The number of halogens is 11. The van der Waals surface area contributed by atoms with E-state index in [4.69, 9.17) is 5.73 Å². The maximum Gasteiger partial charge on any atom is 0.435 e. The average Bonchev–Trinajstić information content (AvgIpc) is 2.79. The number of carbonyl (C=O) groups is 2. The zero-order chi connectivity index (χ0) is 29.1. The van der Waals surface area contributed by atoms with Crippen molar-refractivity contribution >= 4 is 49.4 Å². The van der Waals surface area contributed by atoms with Gasteiger partial charge in [-0.2, -0.15) is 26.3 Å². The molecule has 0 saturated carbocycles. The van der Waals surface area contributed by atoms with Gasteiger partial charge >= 0.3 is 18.0 Å². The molecule has 3 N–H and O–H groups in total. The lowest BCUT2D eigenvalue weighted by Crippen LogP contribution is -2.50. The number of primary amides is 1. The number of carbonyl (C=O) groups excluding carboxylic acids is 2. The summed E-state index contributed by atoms with van der Waals surface area (Å²) < 4.78 is 116. The Morgan fingerprint density at radius 2 is 1.29 bits per heavy atom. The molecule has 0 atom stereocenters. The van der Waals surface area contributed by atoms with E-state index in [9.17, 15) is 49.1 Å². The molecule has 0 aromatic heterocycles. The van der Waals surface area contributed by atoms with Crippen molar-refractivity contribution in [1.82, 2.24) is 0 Å². The van der Waals surface area contributed by atoms with Gasteiger partial charge in [-0.25, -0.2) is 13.2 Å². The van der Waals surface area contributed by atoms with Gasteiger partial charge in [-0.3, -0.25) is 9.59 Å². The topological polar surface area (TPSA) is 72.2 Å². The predicted octanol–water partition coefficient (Wildman–Crippen LogP) is 7.82. The number of nitrogens with two attached hydrogens (primary N) is 1. The molecule has 0 unspecified atom stereocenters. The van der Waals surface area contributed by atoms with E-state index < -0.39 is 61.5 Å². The Bertz CT molecular complexity index is 1310. The normalized spacial score (nSPS) is 11.9. The molecule has 2 amide bonds. The minimum Gasteiger partial charge on any atom is -0.366 e. The Morgan fingerprint density at radius 1 is 0.763 bits per heavy atom. The van der Waals surface area contributed by atoms with E-state index in [0.717, 1.165) is 18.2 Å². The van der Waals surface area contributed by atoms with E-state index in [1.807, 2.05) is 0 Å². The summed E-state index contributed by atoms with van der Waals surface area (Å²) in [7, 11) is 0. The van der Waals surface area contributed by atoms with Crippen molar-refractivity contribution in [1.29, 1.82) is 0 Å². The van der Waals surface area contributed by atoms with Crippen LogP contribution in [-0.2, 0) is 5.67 Å². The van der Waals surface area contributed by atoms with Gasteiger partial charge in [0.25, 0.3) is 5.91 Å². The second-order valence-electron chi connectivity index (χ2n) is 7.28. The van der Waals surface area contributed by atoms with E-state index in [1.54, 1.807) is 0 Å². The minimum absolute atomic E-state index is 0.194. The van der Waals surface area contributed by atoms with Gasteiger partial charge in [0, 0.05) is 20.1 Å². The van der Waals surface area contributed by atoms with Crippen molar-refractivity contribution in [3.8, 4) is 0 Å². The van der Waals surface area contributed by atoms with Crippen LogP contribution >= 0.6 is 31.9 Å². The van der Waals surface area contributed by atoms with Gasteiger partial charge in [0.1, 0.15) is 11.6 Å². The molecule has 0 aliphatic rings. The Kier molecular flexibility index (Phi) is 9.64. The number of nitrogens with one attached hydrogen (secondary N) is 1. The van der Waals surface area contributed by atoms with E-state index in [2.05, 4.69) is 37.2 Å². The lowest BCUT2D eigenvalue weighted by Gasteiger charge is -2.31. The molecule has 3 aromatic carbocycles. The Hall–Kier alpha value is -3.07. The molecule has 0 saturated heterocycles. The van der Waals surface area contributed by atoms with Crippen LogP contribution in [0.3, 0.4) is 0 Å². The number of hydrogen-bond donors (Lipinski definition) is 2. The van der Waals surface area contributed by atoms with Crippen LogP contribution in [0.4, 0.5) is 45.2 Å². The molecule has 38 heavy (non-hydrogen) atoms. The maximum atomic E-state index is 14.2. The lowest BCUT2D eigenvalue weighted by atomic mass is 9.94. The lowest BCUT2D eigenvalue weighted by molar-refractivity contribution is -0.348. The Morgan fingerprint density at radius 3 is 1.71 bits per heavy atom. The molecule has 3 aromatic rings. The van der Waals surface area contributed by atoms with Crippen molar-refractivity contribution in [3.05, 3.63) is 97.9 Å². The quantitative estimate of drug-likeness (QED) is 0.276. The first-order valence-electron chi connectivity index (χ1n) is 9.83. The second-order valence-corrected chi connectivity index (χ2v) is 8.99. The summed E-state index contributed by atoms with van der Waals surface area (Å²) in [6.07, 6.45) is -12.6. The highest BCUT2D eigenvalue weighted by atomic mass is 79.9. The molecule has 0 heterocycles. The minimum atomic E-state index is -6.29. The first-order valence-corrected chi connectivity index (χ1v) is 11.4. The van der Waals surface area contributed by atoms with Crippen LogP contribution in [0, 0.1) is 11.6 Å². The largest absolute Gasteiger partial charge is 0.435 e. The molecule has 0 fully saturated rings. The number of amides is 2. The standard InChI is InChI=1S/C16H7Br2F8NO.C7H6FNO/c17-9-5-7(14(20,15(21,22)23)16(24,25)26)6-10(18)12(9)27-13(28)8-3-1-2-4-11(8)19;8-6-3-1-2-5(4-6)7(9)10/h1-6H,(H,27,28);1-4H,(H2,9,10). The number of benzene rings is 3. The summed E-state index contributed by atoms with van der Waals surface area (Å²) in [5, 5.41) is 2.13. The monoisotopic (exact) mass is 678 g/mol. The molecule has 4 nitrogen and oxygen atoms in total. The van der Waals surface area contributed by atoms with Crippen molar-refractivity contribution in [3.63, 3.8) is 0 Å². The van der Waals surface area contributed by atoms with Crippen molar-refractivity contribution in [2.75, 3.05) is 5.32 Å². The zero-order valence-corrected chi connectivity index (χ0v) is 21.5. The molecule has 204 valence electrons. The van der Waals surface area contributed by atoms with Gasteiger partial charge in [0.05, 0.1) is 11.3 Å². The SMILES string of the molecule is NC(=O)c1cccc(F)c1.O=C(Nc1c(Br)cc(C(F)(C(F)(F)F)C(F)(F)F)cc1Br)c1ccccc1F. The van der Waals surface area contributed by atoms with Crippen molar-refractivity contribution < 1.29 is 49.1 Å². The summed E-state index contributed by atoms with van der Waals surface area (Å²) in [4.78, 5) is 22.5. The van der Waals surface area contributed by atoms with Crippen molar-refractivity contribution in [2.24, 2.45) is 5.73 Å². The van der Waals surface area contributed by atoms with Crippen molar-refractivity contribution in [2.45, 2.75) is 18.0 Å². The van der Waals surface area contributed by atoms with Crippen LogP contribution in [-0.4, -0.2) is 24.2 Å². The summed E-state index contributed by atoms with van der Waals surface area (Å²) in [6, 6.07) is 10.5. The van der Waals surface area contributed by atoms with Gasteiger partial charge in [-0.15, -0.1) is 0 Å². The fourth-order valence-corrected chi connectivity index (χ4v) is 4.23. The van der Waals surface area contributed by atoms with Crippen LogP contribution in [0.25, 0.3) is 0 Å². The molecule has 3 rings (SSSR count). The van der Waals surface area contributed by atoms with Gasteiger partial charge in [0.2, 0.25) is 5.91 Å². The van der Waals surface area contributed by atoms with Gasteiger partial charge in [0.15, 0.2) is 0 Å². The Balaban J connectivity index is 0.000000423. The molecule has 15 heteroatoms. The summed E-state index contributed by atoms with van der Waals surface area (Å²) in [6.45, 7) is 0. The van der Waals surface area contributed by atoms with Crippen LogP contribution in [0.15, 0.2) is 69.6 Å². The van der Waals surface area contributed by atoms with E-state index in [-0.39, 0.29) is 23.4 Å². The van der Waals surface area contributed by atoms with Crippen LogP contribution in [0.5, 0.6) is 0 Å². The number of anilines is 1. The fourth-order valence-electron chi connectivity index (χ4n) is 2.85.